The van der Waals surface area contributed by atoms with E-state index in [4.69, 9.17) is 0 Å². The minimum Gasteiger partial charge on any atom is -0.0545 e. The van der Waals surface area contributed by atoms with Crippen LogP contribution in [0.1, 0.15) is 5.56 Å². The molecular weight excluding hydrogens is 256 g/mol. The van der Waals surface area contributed by atoms with Gasteiger partial charge in [0, 0.05) is 26.0 Å². The molecule has 0 fully saturated rings. The summed E-state index contributed by atoms with van der Waals surface area (Å²) in [5.41, 5.74) is 1.01. The van der Waals surface area contributed by atoms with Crippen LogP contribution >= 0.6 is 31.9 Å². The summed E-state index contributed by atoms with van der Waals surface area (Å²) in [6, 6.07) is 7.84. The minimum atomic E-state index is 1.01. The third kappa shape index (κ3) is 2.17. The second-order valence-electron chi connectivity index (χ2n) is 1.73. The zero-order valence-corrected chi connectivity index (χ0v) is 8.24. The summed E-state index contributed by atoms with van der Waals surface area (Å²) < 4.78 is 1.08. The molecule has 0 radical (unpaired) electrons. The molecule has 0 saturated heterocycles. The van der Waals surface area contributed by atoms with Gasteiger partial charge >= 0.3 is 0 Å². The van der Waals surface area contributed by atoms with Gasteiger partial charge in [-0.25, -0.2) is 0 Å². The maximum atomic E-state index is 3.34. The molecule has 0 N–H and O–H groups in total. The second kappa shape index (κ2) is 3.80. The number of rotatable bonds is 0. The fourth-order valence-electron chi connectivity index (χ4n) is 0.588. The summed E-state index contributed by atoms with van der Waals surface area (Å²) >= 11 is 6.37. The Hall–Kier alpha value is -0.260. The smallest absolute Gasteiger partial charge is 0.0255 e. The molecule has 0 unspecified atom stereocenters. The Morgan fingerprint density at radius 1 is 1.10 bits per heavy atom. The third-order valence-electron chi connectivity index (χ3n) is 1.04. The van der Waals surface area contributed by atoms with Crippen molar-refractivity contribution >= 4 is 31.9 Å². The molecule has 0 aliphatic rings. The predicted octanol–water partition coefficient (Wildman–Crippen LogP) is 3.15. The maximum absolute atomic E-state index is 3.34. The van der Waals surface area contributed by atoms with Crippen LogP contribution in [0.5, 0.6) is 0 Å². The van der Waals surface area contributed by atoms with Crippen LogP contribution < -0.4 is 0 Å². The van der Waals surface area contributed by atoms with E-state index in [0.29, 0.717) is 0 Å². The summed E-state index contributed by atoms with van der Waals surface area (Å²) in [5, 5.41) is 0. The fourth-order valence-corrected chi connectivity index (χ4v) is 1.08. The molecule has 0 saturated carbocycles. The first-order valence-corrected chi connectivity index (χ1v) is 4.29. The molecule has 0 heterocycles. The van der Waals surface area contributed by atoms with Crippen LogP contribution in [-0.2, 0) is 0 Å². The molecule has 1 rings (SSSR count). The van der Waals surface area contributed by atoms with Crippen LogP contribution in [0.25, 0.3) is 0 Å². The molecule has 0 atom stereocenters. The molecule has 0 amide bonds. The van der Waals surface area contributed by atoms with Gasteiger partial charge in [0.2, 0.25) is 0 Å². The maximum Gasteiger partial charge on any atom is 0.0255 e. The number of halogens is 2. The monoisotopic (exact) mass is 258 g/mol. The Balaban J connectivity index is 2.97. The molecule has 50 valence electrons. The highest BCUT2D eigenvalue weighted by Gasteiger charge is 1.85. The molecule has 1 aromatic rings. The van der Waals surface area contributed by atoms with Crippen molar-refractivity contribution in [2.24, 2.45) is 0 Å². The van der Waals surface area contributed by atoms with E-state index >= 15 is 0 Å². The van der Waals surface area contributed by atoms with Gasteiger partial charge in [-0.3, -0.25) is 0 Å². The van der Waals surface area contributed by atoms with Crippen LogP contribution in [0.2, 0.25) is 0 Å². The van der Waals surface area contributed by atoms with Crippen molar-refractivity contribution in [1.82, 2.24) is 0 Å². The second-order valence-corrected chi connectivity index (χ2v) is 3.04. The van der Waals surface area contributed by atoms with Crippen molar-refractivity contribution in [3.05, 3.63) is 34.3 Å². The van der Waals surface area contributed by atoms with Gasteiger partial charge in [-0.2, -0.15) is 0 Å². The van der Waals surface area contributed by atoms with Gasteiger partial charge in [-0.1, -0.05) is 21.9 Å². The fraction of sp³-hybridized carbons (Fsp3) is 0. The van der Waals surface area contributed by atoms with Gasteiger partial charge in [0.1, 0.15) is 0 Å². The highest BCUT2D eigenvalue weighted by atomic mass is 79.9. The van der Waals surface area contributed by atoms with Gasteiger partial charge < -0.3 is 0 Å². The highest BCUT2D eigenvalue weighted by molar-refractivity contribution is 9.12. The van der Waals surface area contributed by atoms with E-state index in [1.807, 2.05) is 24.3 Å². The number of benzene rings is 1. The molecule has 2 heteroatoms. The lowest BCUT2D eigenvalue weighted by Gasteiger charge is -1.88. The molecule has 0 aliphatic heterocycles. The highest BCUT2D eigenvalue weighted by Crippen LogP contribution is 2.09. The molecule has 10 heavy (non-hydrogen) atoms. The van der Waals surface area contributed by atoms with Crippen LogP contribution in [0.3, 0.4) is 0 Å². The molecule has 1 aromatic carbocycles. The molecule has 0 spiro atoms. The summed E-state index contributed by atoms with van der Waals surface area (Å²) in [6.45, 7) is 0. The molecular formula is C8H4Br2. The molecule has 0 aromatic heterocycles. The third-order valence-corrected chi connectivity index (χ3v) is 1.76. The largest absolute Gasteiger partial charge is 0.0545 e. The first kappa shape index (κ1) is 7.84. The Bertz CT molecular complexity index is 264. The van der Waals surface area contributed by atoms with Crippen molar-refractivity contribution in [3.63, 3.8) is 0 Å². The standard InChI is InChI=1S/C8H4Br2/c9-6-5-7-1-3-8(10)4-2-7/h1-4H. The van der Waals surface area contributed by atoms with Crippen molar-refractivity contribution in [1.29, 1.82) is 0 Å². The van der Waals surface area contributed by atoms with Crippen LogP contribution in [0, 0.1) is 10.8 Å². The average Bonchev–Trinajstić information content (AvgIpc) is 1.95. The zero-order valence-electron chi connectivity index (χ0n) is 5.07. The quantitative estimate of drug-likeness (QED) is 0.628. The average molecular weight is 260 g/mol. The van der Waals surface area contributed by atoms with Crippen LogP contribution in [-0.4, -0.2) is 0 Å². The summed E-state index contributed by atoms with van der Waals surface area (Å²) in [5.74, 6) is 2.88. The van der Waals surface area contributed by atoms with Gasteiger partial charge in [0.25, 0.3) is 0 Å². The minimum absolute atomic E-state index is 1.01. The topological polar surface area (TPSA) is 0 Å². The molecule has 0 aliphatic carbocycles. The molecule has 0 bridgehead atoms. The van der Waals surface area contributed by atoms with E-state index in [9.17, 15) is 0 Å². The lowest BCUT2D eigenvalue weighted by molar-refractivity contribution is 1.61. The van der Waals surface area contributed by atoms with E-state index in [1.165, 1.54) is 0 Å². The molecule has 0 nitrogen and oxygen atoms in total. The lowest BCUT2D eigenvalue weighted by atomic mass is 10.2. The van der Waals surface area contributed by atoms with Gasteiger partial charge in [0.15, 0.2) is 0 Å². The van der Waals surface area contributed by atoms with E-state index in [1.54, 1.807) is 0 Å². The summed E-state index contributed by atoms with van der Waals surface area (Å²) in [6.07, 6.45) is 0. The van der Waals surface area contributed by atoms with Crippen molar-refractivity contribution in [3.8, 4) is 10.8 Å². The number of hydrogen-bond donors (Lipinski definition) is 0. The van der Waals surface area contributed by atoms with Crippen molar-refractivity contribution < 1.29 is 0 Å². The van der Waals surface area contributed by atoms with Gasteiger partial charge in [-0.05, 0) is 29.1 Å². The Kier molecular flexibility index (Phi) is 2.98. The van der Waals surface area contributed by atoms with Crippen molar-refractivity contribution in [2.75, 3.05) is 0 Å². The summed E-state index contributed by atoms with van der Waals surface area (Å²) in [7, 11) is 0. The first-order valence-electron chi connectivity index (χ1n) is 2.70. The van der Waals surface area contributed by atoms with Crippen LogP contribution in [0.4, 0.5) is 0 Å². The SMILES string of the molecule is BrC#Cc1ccc(Br)cc1. The lowest BCUT2D eigenvalue weighted by Crippen LogP contribution is -1.70. The van der Waals surface area contributed by atoms with E-state index in [-0.39, 0.29) is 0 Å². The zero-order chi connectivity index (χ0) is 7.40. The van der Waals surface area contributed by atoms with Crippen molar-refractivity contribution in [2.45, 2.75) is 0 Å². The van der Waals surface area contributed by atoms with Crippen LogP contribution in [0.15, 0.2) is 28.7 Å². The van der Waals surface area contributed by atoms with Gasteiger partial charge in [-0.15, -0.1) is 0 Å². The van der Waals surface area contributed by atoms with E-state index in [0.717, 1.165) is 10.0 Å². The Morgan fingerprint density at radius 3 is 2.20 bits per heavy atom. The Labute approximate surface area is 76.9 Å². The number of hydrogen-bond acceptors (Lipinski definition) is 0. The predicted molar refractivity (Wildman–Crippen MR) is 49.9 cm³/mol. The van der Waals surface area contributed by atoms with E-state index < -0.39 is 0 Å². The Morgan fingerprint density at radius 2 is 1.70 bits per heavy atom. The first-order chi connectivity index (χ1) is 4.83. The van der Waals surface area contributed by atoms with Gasteiger partial charge in [0.05, 0.1) is 0 Å². The normalized spacial score (nSPS) is 8.20. The summed E-state index contributed by atoms with van der Waals surface area (Å²) in [4.78, 5) is 2.65. The van der Waals surface area contributed by atoms with E-state index in [2.05, 4.69) is 42.6 Å².